The average molecular weight is 290 g/mol. The SMILES string of the molecule is CCOc1ncnc(Nc2ccccc2OC)c1[N+](=O)[O-]. The number of hydrogen-bond donors (Lipinski definition) is 1. The predicted molar refractivity (Wildman–Crippen MR) is 76.1 cm³/mol. The van der Waals surface area contributed by atoms with Crippen molar-refractivity contribution in [2.24, 2.45) is 0 Å². The minimum Gasteiger partial charge on any atom is -0.495 e. The molecule has 0 saturated heterocycles. The first-order chi connectivity index (χ1) is 10.2. The second-order valence-corrected chi connectivity index (χ2v) is 3.89. The van der Waals surface area contributed by atoms with Crippen LogP contribution in [-0.2, 0) is 0 Å². The first-order valence-electron chi connectivity index (χ1n) is 6.19. The van der Waals surface area contributed by atoms with Crippen LogP contribution in [0.4, 0.5) is 17.2 Å². The maximum Gasteiger partial charge on any atom is 0.373 e. The molecule has 110 valence electrons. The van der Waals surface area contributed by atoms with Gasteiger partial charge in [-0.1, -0.05) is 12.1 Å². The smallest absolute Gasteiger partial charge is 0.373 e. The maximum absolute atomic E-state index is 11.2. The molecule has 0 bridgehead atoms. The quantitative estimate of drug-likeness (QED) is 0.644. The monoisotopic (exact) mass is 290 g/mol. The zero-order valence-corrected chi connectivity index (χ0v) is 11.6. The van der Waals surface area contributed by atoms with Gasteiger partial charge in [0.15, 0.2) is 0 Å². The summed E-state index contributed by atoms with van der Waals surface area (Å²) in [7, 11) is 1.51. The van der Waals surface area contributed by atoms with Gasteiger partial charge in [0, 0.05) is 0 Å². The summed E-state index contributed by atoms with van der Waals surface area (Å²) in [6, 6.07) is 7.04. The lowest BCUT2D eigenvalue weighted by molar-refractivity contribution is -0.385. The fourth-order valence-electron chi connectivity index (χ4n) is 1.74. The first kappa shape index (κ1) is 14.5. The topological polar surface area (TPSA) is 99.4 Å². The fraction of sp³-hybridized carbons (Fsp3) is 0.231. The van der Waals surface area contributed by atoms with Crippen LogP contribution < -0.4 is 14.8 Å². The molecule has 0 aliphatic heterocycles. The zero-order valence-electron chi connectivity index (χ0n) is 11.6. The van der Waals surface area contributed by atoms with Gasteiger partial charge < -0.3 is 14.8 Å². The van der Waals surface area contributed by atoms with E-state index in [0.717, 1.165) is 0 Å². The molecule has 0 atom stereocenters. The Morgan fingerprint density at radius 1 is 1.33 bits per heavy atom. The largest absolute Gasteiger partial charge is 0.495 e. The molecule has 0 amide bonds. The van der Waals surface area contributed by atoms with E-state index in [4.69, 9.17) is 9.47 Å². The number of hydrogen-bond acceptors (Lipinski definition) is 7. The van der Waals surface area contributed by atoms with Gasteiger partial charge in [-0.05, 0) is 19.1 Å². The molecule has 0 saturated carbocycles. The van der Waals surface area contributed by atoms with Crippen molar-refractivity contribution in [1.29, 1.82) is 0 Å². The highest BCUT2D eigenvalue weighted by atomic mass is 16.6. The third-order valence-electron chi connectivity index (χ3n) is 2.61. The van der Waals surface area contributed by atoms with Crippen LogP contribution in [0.5, 0.6) is 11.6 Å². The lowest BCUT2D eigenvalue weighted by Crippen LogP contribution is -2.05. The highest BCUT2D eigenvalue weighted by Crippen LogP contribution is 2.35. The molecule has 8 heteroatoms. The number of ether oxygens (including phenoxy) is 2. The first-order valence-corrected chi connectivity index (χ1v) is 6.19. The highest BCUT2D eigenvalue weighted by Gasteiger charge is 2.24. The summed E-state index contributed by atoms with van der Waals surface area (Å²) in [6.45, 7) is 1.99. The number of para-hydroxylation sites is 2. The van der Waals surface area contributed by atoms with E-state index in [0.29, 0.717) is 11.4 Å². The number of nitro groups is 1. The van der Waals surface area contributed by atoms with Crippen LogP contribution in [0.2, 0.25) is 0 Å². The van der Waals surface area contributed by atoms with Crippen LogP contribution in [0.15, 0.2) is 30.6 Å². The predicted octanol–water partition coefficient (Wildman–Crippen LogP) is 2.54. The second-order valence-electron chi connectivity index (χ2n) is 3.89. The summed E-state index contributed by atoms with van der Waals surface area (Å²) >= 11 is 0. The van der Waals surface area contributed by atoms with Crippen LogP contribution in [0.1, 0.15) is 6.92 Å². The van der Waals surface area contributed by atoms with Crippen molar-refractivity contribution in [2.75, 3.05) is 19.0 Å². The number of anilines is 2. The van der Waals surface area contributed by atoms with Crippen LogP contribution in [0.3, 0.4) is 0 Å². The van der Waals surface area contributed by atoms with E-state index in [1.165, 1.54) is 13.4 Å². The van der Waals surface area contributed by atoms with Crippen molar-refractivity contribution in [3.05, 3.63) is 40.7 Å². The number of rotatable bonds is 6. The summed E-state index contributed by atoms with van der Waals surface area (Å²) in [5, 5.41) is 14.1. The number of methoxy groups -OCH3 is 1. The molecule has 2 rings (SSSR count). The van der Waals surface area contributed by atoms with E-state index in [1.54, 1.807) is 31.2 Å². The van der Waals surface area contributed by atoms with Crippen LogP contribution >= 0.6 is 0 Å². The molecule has 0 spiro atoms. The van der Waals surface area contributed by atoms with E-state index in [1.807, 2.05) is 0 Å². The molecule has 0 fully saturated rings. The van der Waals surface area contributed by atoms with Gasteiger partial charge in [0.25, 0.3) is 5.88 Å². The van der Waals surface area contributed by atoms with Crippen molar-refractivity contribution in [3.63, 3.8) is 0 Å². The number of benzene rings is 1. The highest BCUT2D eigenvalue weighted by molar-refractivity contribution is 5.71. The number of nitrogens with zero attached hydrogens (tertiary/aromatic N) is 3. The van der Waals surface area contributed by atoms with E-state index in [2.05, 4.69) is 15.3 Å². The summed E-state index contributed by atoms with van der Waals surface area (Å²) in [6.07, 6.45) is 1.20. The number of aromatic nitrogens is 2. The van der Waals surface area contributed by atoms with Crippen molar-refractivity contribution in [2.45, 2.75) is 6.92 Å². The van der Waals surface area contributed by atoms with Crippen LogP contribution in [0.25, 0.3) is 0 Å². The Bertz CT molecular complexity index is 648. The molecule has 1 aromatic carbocycles. The minimum absolute atomic E-state index is 0.0444. The second kappa shape index (κ2) is 6.51. The van der Waals surface area contributed by atoms with Crippen LogP contribution in [0, 0.1) is 10.1 Å². The molecule has 0 aliphatic carbocycles. The Morgan fingerprint density at radius 3 is 2.76 bits per heavy atom. The molecule has 1 heterocycles. The summed E-state index contributed by atoms with van der Waals surface area (Å²) in [5.41, 5.74) is 0.245. The molecular weight excluding hydrogens is 276 g/mol. The standard InChI is InChI=1S/C13H14N4O4/c1-3-21-13-11(17(18)19)12(14-8-15-13)16-9-6-4-5-7-10(9)20-2/h4-8H,3H2,1-2H3,(H,14,15,16). The fourth-order valence-corrected chi connectivity index (χ4v) is 1.74. The average Bonchev–Trinajstić information content (AvgIpc) is 2.48. The van der Waals surface area contributed by atoms with Gasteiger partial charge >= 0.3 is 5.69 Å². The van der Waals surface area contributed by atoms with Crippen molar-refractivity contribution < 1.29 is 14.4 Å². The molecule has 0 radical (unpaired) electrons. The molecule has 1 aromatic heterocycles. The molecule has 2 aromatic rings. The molecule has 21 heavy (non-hydrogen) atoms. The Hall–Kier alpha value is -2.90. The zero-order chi connectivity index (χ0) is 15.2. The van der Waals surface area contributed by atoms with Crippen molar-refractivity contribution in [3.8, 4) is 11.6 Å². The molecule has 0 aliphatic rings. The van der Waals surface area contributed by atoms with Crippen LogP contribution in [-0.4, -0.2) is 28.6 Å². The Kier molecular flexibility index (Phi) is 4.50. The molecule has 1 N–H and O–H groups in total. The van der Waals surface area contributed by atoms with E-state index >= 15 is 0 Å². The van der Waals surface area contributed by atoms with Gasteiger partial charge in [-0.3, -0.25) is 10.1 Å². The molecule has 8 nitrogen and oxygen atoms in total. The third-order valence-corrected chi connectivity index (χ3v) is 2.61. The minimum atomic E-state index is -0.581. The summed E-state index contributed by atoms with van der Waals surface area (Å²) in [5.74, 6) is 0.515. The van der Waals surface area contributed by atoms with Gasteiger partial charge in [-0.15, -0.1) is 0 Å². The summed E-state index contributed by atoms with van der Waals surface area (Å²) < 4.78 is 10.4. The Labute approximate surface area is 120 Å². The van der Waals surface area contributed by atoms with Gasteiger partial charge in [0.1, 0.15) is 12.1 Å². The van der Waals surface area contributed by atoms with Gasteiger partial charge in [0.2, 0.25) is 5.82 Å². The summed E-state index contributed by atoms with van der Waals surface area (Å²) in [4.78, 5) is 18.4. The Balaban J connectivity index is 2.44. The van der Waals surface area contributed by atoms with Crippen molar-refractivity contribution in [1.82, 2.24) is 9.97 Å². The maximum atomic E-state index is 11.2. The van der Waals surface area contributed by atoms with E-state index < -0.39 is 4.92 Å². The van der Waals surface area contributed by atoms with Crippen molar-refractivity contribution >= 4 is 17.2 Å². The Morgan fingerprint density at radius 2 is 2.10 bits per heavy atom. The van der Waals surface area contributed by atoms with E-state index in [9.17, 15) is 10.1 Å². The lowest BCUT2D eigenvalue weighted by atomic mass is 10.3. The van der Waals surface area contributed by atoms with Gasteiger partial charge in [-0.25, -0.2) is 4.98 Å². The van der Waals surface area contributed by atoms with E-state index in [-0.39, 0.29) is 24.0 Å². The lowest BCUT2D eigenvalue weighted by Gasteiger charge is -2.11. The van der Waals surface area contributed by atoms with Gasteiger partial charge in [0.05, 0.1) is 24.3 Å². The molecule has 0 unspecified atom stereocenters. The number of nitrogens with one attached hydrogen (secondary N) is 1. The third kappa shape index (κ3) is 3.16. The molecular formula is C13H14N4O4. The normalized spacial score (nSPS) is 10.0. The van der Waals surface area contributed by atoms with Gasteiger partial charge in [-0.2, -0.15) is 4.98 Å².